The van der Waals surface area contributed by atoms with Gasteiger partial charge in [0, 0.05) is 5.02 Å². The first-order valence-corrected chi connectivity index (χ1v) is 7.57. The molecule has 2 rings (SSSR count). The summed E-state index contributed by atoms with van der Waals surface area (Å²) in [6, 6.07) is 16.2. The molecule has 0 bridgehead atoms. The van der Waals surface area contributed by atoms with Gasteiger partial charge in [0.1, 0.15) is 11.0 Å². The van der Waals surface area contributed by atoms with Crippen molar-refractivity contribution in [3.05, 3.63) is 70.1 Å². The molecule has 0 aromatic heterocycles. The Balaban J connectivity index is 2.48. The molecule has 0 N–H and O–H groups in total. The highest BCUT2D eigenvalue weighted by atomic mass is 35.5. The van der Waals surface area contributed by atoms with E-state index in [1.54, 1.807) is 48.5 Å². The summed E-state index contributed by atoms with van der Waals surface area (Å²) < 4.78 is 24.6. The first kappa shape index (κ1) is 14.3. The maximum Gasteiger partial charge on any atom is 0.216 e. The fraction of sp³-hybridized carbons (Fsp3) is 0. The minimum absolute atomic E-state index is 0.0989. The van der Waals surface area contributed by atoms with E-state index >= 15 is 0 Å². The molecule has 0 aliphatic carbocycles. The van der Waals surface area contributed by atoms with E-state index < -0.39 is 9.84 Å². The van der Waals surface area contributed by atoms with E-state index in [9.17, 15) is 8.42 Å². The van der Waals surface area contributed by atoms with E-state index in [1.165, 1.54) is 18.2 Å². The molecule has 0 radical (unpaired) electrons. The van der Waals surface area contributed by atoms with E-state index in [4.69, 9.17) is 16.9 Å². The molecule has 0 unspecified atom stereocenters. The van der Waals surface area contributed by atoms with Crippen LogP contribution in [0.15, 0.2) is 64.4 Å². The van der Waals surface area contributed by atoms with E-state index in [2.05, 4.69) is 0 Å². The van der Waals surface area contributed by atoms with Crippen LogP contribution in [0.4, 0.5) is 0 Å². The van der Waals surface area contributed by atoms with Crippen LogP contribution in [0.5, 0.6) is 0 Å². The molecule has 0 heterocycles. The van der Waals surface area contributed by atoms with E-state index in [-0.39, 0.29) is 9.80 Å². The number of sulfone groups is 1. The molecule has 0 saturated carbocycles. The maximum atomic E-state index is 12.3. The zero-order chi connectivity index (χ0) is 14.6. The molecular formula is C15H10ClNO2S. The van der Waals surface area contributed by atoms with Gasteiger partial charge in [-0.15, -0.1) is 0 Å². The molecule has 0 atom stereocenters. The average molecular weight is 304 g/mol. The molecule has 0 fully saturated rings. The molecule has 100 valence electrons. The van der Waals surface area contributed by atoms with Crippen LogP contribution in [0.3, 0.4) is 0 Å². The number of hydrogen-bond acceptors (Lipinski definition) is 3. The maximum absolute atomic E-state index is 12.3. The summed E-state index contributed by atoms with van der Waals surface area (Å²) in [6.07, 6.45) is 1.33. The monoisotopic (exact) mass is 303 g/mol. The Morgan fingerprint density at radius 2 is 1.65 bits per heavy atom. The van der Waals surface area contributed by atoms with Crippen LogP contribution in [0.1, 0.15) is 5.56 Å². The zero-order valence-electron chi connectivity index (χ0n) is 10.3. The first-order valence-electron chi connectivity index (χ1n) is 5.71. The summed E-state index contributed by atoms with van der Waals surface area (Å²) in [5, 5.41) is 9.66. The van der Waals surface area contributed by atoms with Gasteiger partial charge in [0.15, 0.2) is 0 Å². The highest BCUT2D eigenvalue weighted by Crippen LogP contribution is 2.21. The third-order valence-corrected chi connectivity index (χ3v) is 4.55. The van der Waals surface area contributed by atoms with Gasteiger partial charge >= 0.3 is 0 Å². The van der Waals surface area contributed by atoms with Crippen LogP contribution < -0.4 is 0 Å². The number of allylic oxidation sites excluding steroid dienone is 1. The number of halogens is 1. The smallest absolute Gasteiger partial charge is 0.216 e. The number of rotatable bonds is 3. The highest BCUT2D eigenvalue weighted by molar-refractivity contribution is 7.95. The second-order valence-electron chi connectivity index (χ2n) is 3.99. The summed E-state index contributed by atoms with van der Waals surface area (Å²) >= 11 is 5.76. The van der Waals surface area contributed by atoms with Crippen LogP contribution in [0.2, 0.25) is 5.02 Å². The molecule has 0 aliphatic heterocycles. The second kappa shape index (κ2) is 5.91. The summed E-state index contributed by atoms with van der Waals surface area (Å²) in [6.45, 7) is 0. The molecule has 5 heteroatoms. The molecule has 0 saturated heterocycles. The van der Waals surface area contributed by atoms with Gasteiger partial charge in [0.05, 0.1) is 4.90 Å². The van der Waals surface area contributed by atoms with Crippen molar-refractivity contribution in [3.63, 3.8) is 0 Å². The van der Waals surface area contributed by atoms with Gasteiger partial charge in [-0.2, -0.15) is 5.26 Å². The van der Waals surface area contributed by atoms with Crippen molar-refractivity contribution in [2.24, 2.45) is 0 Å². The van der Waals surface area contributed by atoms with E-state index in [1.807, 2.05) is 0 Å². The Hall–Kier alpha value is -2.09. The predicted molar refractivity (Wildman–Crippen MR) is 78.7 cm³/mol. The summed E-state index contributed by atoms with van der Waals surface area (Å²) in [7, 11) is -3.79. The fourth-order valence-corrected chi connectivity index (χ4v) is 2.91. The lowest BCUT2D eigenvalue weighted by Crippen LogP contribution is -2.03. The molecule has 0 amide bonds. The molecule has 2 aromatic carbocycles. The lowest BCUT2D eigenvalue weighted by atomic mass is 10.2. The summed E-state index contributed by atoms with van der Waals surface area (Å²) in [5.74, 6) is 0. The SMILES string of the molecule is N#CC(=Cc1ccc(Cl)cc1)S(=O)(=O)c1ccccc1. The third-order valence-electron chi connectivity index (χ3n) is 2.62. The van der Waals surface area contributed by atoms with Crippen LogP contribution in [0.25, 0.3) is 6.08 Å². The highest BCUT2D eigenvalue weighted by Gasteiger charge is 2.20. The Morgan fingerprint density at radius 1 is 1.05 bits per heavy atom. The third kappa shape index (κ3) is 3.08. The predicted octanol–water partition coefficient (Wildman–Crippen LogP) is 3.68. The Labute approximate surface area is 122 Å². The number of benzene rings is 2. The minimum Gasteiger partial charge on any atom is -0.218 e. The van der Waals surface area contributed by atoms with Gasteiger partial charge in [-0.05, 0) is 35.9 Å². The first-order chi connectivity index (χ1) is 9.54. The molecule has 2 aromatic rings. The zero-order valence-corrected chi connectivity index (χ0v) is 11.9. The van der Waals surface area contributed by atoms with Crippen molar-refractivity contribution in [3.8, 4) is 6.07 Å². The van der Waals surface area contributed by atoms with Crippen molar-refractivity contribution >= 4 is 27.5 Å². The topological polar surface area (TPSA) is 57.9 Å². The van der Waals surface area contributed by atoms with E-state index in [0.29, 0.717) is 10.6 Å². The fourth-order valence-electron chi connectivity index (χ4n) is 1.61. The standard InChI is InChI=1S/C15H10ClNO2S/c16-13-8-6-12(7-9-13)10-15(11-17)20(18,19)14-4-2-1-3-5-14/h1-10H. The van der Waals surface area contributed by atoms with Crippen LogP contribution in [0, 0.1) is 11.3 Å². The van der Waals surface area contributed by atoms with Crippen molar-refractivity contribution in [2.45, 2.75) is 4.90 Å². The normalized spacial score (nSPS) is 11.9. The number of hydrogen-bond donors (Lipinski definition) is 0. The lowest BCUT2D eigenvalue weighted by Gasteiger charge is -2.02. The van der Waals surface area contributed by atoms with Crippen molar-refractivity contribution in [2.75, 3.05) is 0 Å². The van der Waals surface area contributed by atoms with Crippen LogP contribution >= 0.6 is 11.6 Å². The quantitative estimate of drug-likeness (QED) is 0.813. The number of nitrogens with zero attached hydrogens (tertiary/aromatic N) is 1. The van der Waals surface area contributed by atoms with Crippen molar-refractivity contribution in [1.82, 2.24) is 0 Å². The van der Waals surface area contributed by atoms with Crippen molar-refractivity contribution in [1.29, 1.82) is 5.26 Å². The largest absolute Gasteiger partial charge is 0.218 e. The average Bonchev–Trinajstić information content (AvgIpc) is 2.47. The molecule has 0 aliphatic rings. The van der Waals surface area contributed by atoms with Gasteiger partial charge in [0.2, 0.25) is 9.84 Å². The van der Waals surface area contributed by atoms with E-state index in [0.717, 1.165) is 0 Å². The molecular weight excluding hydrogens is 294 g/mol. The second-order valence-corrected chi connectivity index (χ2v) is 6.34. The lowest BCUT2D eigenvalue weighted by molar-refractivity contribution is 0.603. The number of nitriles is 1. The Bertz CT molecular complexity index is 773. The molecule has 3 nitrogen and oxygen atoms in total. The Morgan fingerprint density at radius 3 is 2.20 bits per heavy atom. The van der Waals surface area contributed by atoms with Crippen molar-refractivity contribution < 1.29 is 8.42 Å². The van der Waals surface area contributed by atoms with Gasteiger partial charge < -0.3 is 0 Å². The molecule has 0 spiro atoms. The minimum atomic E-state index is -3.79. The Kier molecular flexibility index (Phi) is 4.23. The summed E-state index contributed by atoms with van der Waals surface area (Å²) in [5.41, 5.74) is 0.602. The molecule has 20 heavy (non-hydrogen) atoms. The van der Waals surface area contributed by atoms with Gasteiger partial charge in [0.25, 0.3) is 0 Å². The van der Waals surface area contributed by atoms with Gasteiger partial charge in [-0.3, -0.25) is 0 Å². The van der Waals surface area contributed by atoms with Crippen LogP contribution in [-0.2, 0) is 9.84 Å². The summed E-state index contributed by atoms with van der Waals surface area (Å²) in [4.78, 5) is -0.201. The van der Waals surface area contributed by atoms with Crippen LogP contribution in [-0.4, -0.2) is 8.42 Å². The van der Waals surface area contributed by atoms with Gasteiger partial charge in [-0.1, -0.05) is 41.9 Å². The van der Waals surface area contributed by atoms with Gasteiger partial charge in [-0.25, -0.2) is 8.42 Å².